The van der Waals surface area contributed by atoms with Crippen molar-refractivity contribution >= 4 is 17.6 Å². The van der Waals surface area contributed by atoms with Crippen molar-refractivity contribution in [1.29, 1.82) is 0 Å². The molecule has 0 saturated heterocycles. The fourth-order valence-electron chi connectivity index (χ4n) is 2.87. The predicted molar refractivity (Wildman–Crippen MR) is 74.5 cm³/mol. The van der Waals surface area contributed by atoms with Crippen molar-refractivity contribution in [3.8, 4) is 5.75 Å². The van der Waals surface area contributed by atoms with Crippen LogP contribution in [0.2, 0.25) is 0 Å². The van der Waals surface area contributed by atoms with Crippen molar-refractivity contribution in [2.45, 2.75) is 26.7 Å². The van der Waals surface area contributed by atoms with Crippen molar-refractivity contribution in [1.82, 2.24) is 0 Å². The third kappa shape index (κ3) is 2.92. The van der Waals surface area contributed by atoms with Crippen molar-refractivity contribution < 1.29 is 19.8 Å². The summed E-state index contributed by atoms with van der Waals surface area (Å²) in [4.78, 5) is 23.5. The zero-order chi connectivity index (χ0) is 14.9. The molecule has 0 aromatic heterocycles. The van der Waals surface area contributed by atoms with Crippen LogP contribution in [0.5, 0.6) is 5.75 Å². The van der Waals surface area contributed by atoms with E-state index in [1.807, 2.05) is 6.92 Å². The highest BCUT2D eigenvalue weighted by molar-refractivity contribution is 5.96. The summed E-state index contributed by atoms with van der Waals surface area (Å²) in [6.07, 6.45) is 1.14. The molecular weight excluding hydrogens is 258 g/mol. The lowest BCUT2D eigenvalue weighted by Crippen LogP contribution is -2.30. The Morgan fingerprint density at radius 1 is 1.25 bits per heavy atom. The molecule has 3 unspecified atom stereocenters. The maximum atomic E-state index is 12.3. The van der Waals surface area contributed by atoms with Gasteiger partial charge in [-0.15, -0.1) is 0 Å². The Morgan fingerprint density at radius 2 is 1.90 bits per heavy atom. The van der Waals surface area contributed by atoms with Crippen LogP contribution in [0, 0.1) is 24.7 Å². The van der Waals surface area contributed by atoms with Crippen LogP contribution in [-0.2, 0) is 9.59 Å². The Hall–Kier alpha value is -2.04. The Kier molecular flexibility index (Phi) is 3.97. The minimum absolute atomic E-state index is 0.137. The summed E-state index contributed by atoms with van der Waals surface area (Å²) in [5.41, 5.74) is 1.35. The summed E-state index contributed by atoms with van der Waals surface area (Å²) < 4.78 is 0. The van der Waals surface area contributed by atoms with E-state index in [0.29, 0.717) is 18.5 Å². The molecule has 20 heavy (non-hydrogen) atoms. The molecule has 0 bridgehead atoms. The van der Waals surface area contributed by atoms with Gasteiger partial charge in [0, 0.05) is 5.69 Å². The van der Waals surface area contributed by atoms with Crippen LogP contribution < -0.4 is 5.32 Å². The molecule has 0 spiro atoms. The number of amides is 1. The smallest absolute Gasteiger partial charge is 0.307 e. The fourth-order valence-corrected chi connectivity index (χ4v) is 2.87. The van der Waals surface area contributed by atoms with Gasteiger partial charge in [-0.2, -0.15) is 0 Å². The highest BCUT2D eigenvalue weighted by Gasteiger charge is 2.41. The Labute approximate surface area is 117 Å². The minimum atomic E-state index is -0.906. The molecule has 1 aromatic carbocycles. The number of phenolic OH excluding ortho intramolecular Hbond substituents is 1. The Balaban J connectivity index is 2.13. The van der Waals surface area contributed by atoms with Crippen LogP contribution in [0.4, 0.5) is 5.69 Å². The Bertz CT molecular complexity index is 541. The monoisotopic (exact) mass is 277 g/mol. The summed E-state index contributed by atoms with van der Waals surface area (Å²) in [7, 11) is 0. The van der Waals surface area contributed by atoms with Crippen LogP contribution >= 0.6 is 0 Å². The number of hydrogen-bond donors (Lipinski definition) is 3. The number of carboxylic acid groups (broad SMARTS) is 1. The normalized spacial score (nSPS) is 25.4. The third-order valence-electron chi connectivity index (χ3n) is 3.92. The number of phenols is 1. The van der Waals surface area contributed by atoms with Gasteiger partial charge in [0.2, 0.25) is 5.91 Å². The number of rotatable bonds is 3. The SMILES string of the molecule is Cc1cc(O)ccc1NC(=O)C1CC(C)CC1C(=O)O. The molecule has 0 heterocycles. The standard InChI is InChI=1S/C15H19NO4/c1-8-5-11(12(6-8)15(19)20)14(18)16-13-4-3-10(17)7-9(13)2/h3-4,7-8,11-12,17H,5-6H2,1-2H3,(H,16,18)(H,19,20). The van der Waals surface area contributed by atoms with Gasteiger partial charge in [-0.3, -0.25) is 9.59 Å². The number of carbonyl (C=O) groups excluding carboxylic acids is 1. The molecule has 1 saturated carbocycles. The van der Waals surface area contributed by atoms with Gasteiger partial charge in [-0.1, -0.05) is 6.92 Å². The molecule has 1 aliphatic carbocycles. The fraction of sp³-hybridized carbons (Fsp3) is 0.467. The van der Waals surface area contributed by atoms with Crippen molar-refractivity contribution in [3.05, 3.63) is 23.8 Å². The second-order valence-electron chi connectivity index (χ2n) is 5.62. The van der Waals surface area contributed by atoms with E-state index in [4.69, 9.17) is 0 Å². The second kappa shape index (κ2) is 5.53. The number of carbonyl (C=O) groups is 2. The molecule has 3 atom stereocenters. The largest absolute Gasteiger partial charge is 0.508 e. The summed E-state index contributed by atoms with van der Waals surface area (Å²) in [5.74, 6) is -1.88. The highest BCUT2D eigenvalue weighted by atomic mass is 16.4. The summed E-state index contributed by atoms with van der Waals surface area (Å²) in [5, 5.41) is 21.3. The van der Waals surface area contributed by atoms with E-state index in [1.54, 1.807) is 19.1 Å². The Morgan fingerprint density at radius 3 is 2.50 bits per heavy atom. The number of benzene rings is 1. The average molecular weight is 277 g/mol. The second-order valence-corrected chi connectivity index (χ2v) is 5.62. The van der Waals surface area contributed by atoms with Crippen LogP contribution in [-0.4, -0.2) is 22.1 Å². The number of aromatic hydroxyl groups is 1. The topological polar surface area (TPSA) is 86.6 Å². The highest BCUT2D eigenvalue weighted by Crippen LogP contribution is 2.37. The van der Waals surface area contributed by atoms with Crippen molar-refractivity contribution in [3.63, 3.8) is 0 Å². The van der Waals surface area contributed by atoms with Crippen molar-refractivity contribution in [2.24, 2.45) is 17.8 Å². The van der Waals surface area contributed by atoms with E-state index < -0.39 is 17.8 Å². The van der Waals surface area contributed by atoms with Crippen LogP contribution in [0.25, 0.3) is 0 Å². The van der Waals surface area contributed by atoms with Gasteiger partial charge in [0.1, 0.15) is 5.75 Å². The van der Waals surface area contributed by atoms with E-state index in [-0.39, 0.29) is 17.6 Å². The summed E-state index contributed by atoms with van der Waals surface area (Å²) in [6, 6.07) is 4.67. The van der Waals surface area contributed by atoms with E-state index in [0.717, 1.165) is 5.56 Å². The number of nitrogens with one attached hydrogen (secondary N) is 1. The third-order valence-corrected chi connectivity index (χ3v) is 3.92. The predicted octanol–water partition coefficient (Wildman–Crippen LogP) is 2.39. The molecule has 2 rings (SSSR count). The number of aliphatic carboxylic acids is 1. The first-order chi connectivity index (χ1) is 9.38. The molecule has 5 nitrogen and oxygen atoms in total. The molecule has 1 aromatic rings. The maximum Gasteiger partial charge on any atom is 0.307 e. The average Bonchev–Trinajstić information content (AvgIpc) is 2.75. The zero-order valence-corrected chi connectivity index (χ0v) is 11.6. The van der Waals surface area contributed by atoms with Crippen LogP contribution in [0.15, 0.2) is 18.2 Å². The van der Waals surface area contributed by atoms with Gasteiger partial charge < -0.3 is 15.5 Å². The van der Waals surface area contributed by atoms with Gasteiger partial charge >= 0.3 is 5.97 Å². The molecule has 0 aliphatic heterocycles. The van der Waals surface area contributed by atoms with Gasteiger partial charge in [0.25, 0.3) is 0 Å². The number of hydrogen-bond acceptors (Lipinski definition) is 3. The lowest BCUT2D eigenvalue weighted by Gasteiger charge is -2.16. The van der Waals surface area contributed by atoms with Crippen molar-refractivity contribution in [2.75, 3.05) is 5.32 Å². The van der Waals surface area contributed by atoms with E-state index in [2.05, 4.69) is 5.32 Å². The maximum absolute atomic E-state index is 12.3. The molecule has 1 amide bonds. The number of carboxylic acids is 1. The van der Waals surface area contributed by atoms with Gasteiger partial charge in [-0.25, -0.2) is 0 Å². The van der Waals surface area contributed by atoms with E-state index >= 15 is 0 Å². The lowest BCUT2D eigenvalue weighted by atomic mass is 9.95. The van der Waals surface area contributed by atoms with Crippen LogP contribution in [0.3, 0.4) is 0 Å². The molecule has 1 aliphatic rings. The molecule has 108 valence electrons. The zero-order valence-electron chi connectivity index (χ0n) is 11.6. The molecular formula is C15H19NO4. The first kappa shape index (κ1) is 14.4. The quantitative estimate of drug-likeness (QED) is 0.740. The number of anilines is 1. The number of aryl methyl sites for hydroxylation is 1. The summed E-state index contributed by atoms with van der Waals surface area (Å²) >= 11 is 0. The van der Waals surface area contributed by atoms with Gasteiger partial charge in [-0.05, 0) is 49.4 Å². The first-order valence-corrected chi connectivity index (χ1v) is 6.71. The van der Waals surface area contributed by atoms with Crippen LogP contribution in [0.1, 0.15) is 25.3 Å². The van der Waals surface area contributed by atoms with Gasteiger partial charge in [0.15, 0.2) is 0 Å². The van der Waals surface area contributed by atoms with E-state index in [1.165, 1.54) is 6.07 Å². The summed E-state index contributed by atoms with van der Waals surface area (Å²) in [6.45, 7) is 3.75. The lowest BCUT2D eigenvalue weighted by molar-refractivity contribution is -0.145. The molecule has 5 heteroatoms. The molecule has 1 fully saturated rings. The van der Waals surface area contributed by atoms with E-state index in [9.17, 15) is 19.8 Å². The molecule has 3 N–H and O–H groups in total. The van der Waals surface area contributed by atoms with Gasteiger partial charge in [0.05, 0.1) is 11.8 Å². The minimum Gasteiger partial charge on any atom is -0.508 e. The molecule has 0 radical (unpaired) electrons. The first-order valence-electron chi connectivity index (χ1n) is 6.71.